The number of amides is 1. The second-order valence-corrected chi connectivity index (χ2v) is 6.37. The Morgan fingerprint density at radius 1 is 1.30 bits per heavy atom. The van der Waals surface area contributed by atoms with Crippen LogP contribution < -0.4 is 5.32 Å². The molecule has 0 bridgehead atoms. The number of aromatic nitrogens is 2. The number of rotatable bonds is 5. The van der Waals surface area contributed by atoms with Crippen LogP contribution in [0.5, 0.6) is 0 Å². The Morgan fingerprint density at radius 3 is 2.83 bits per heavy atom. The van der Waals surface area contributed by atoms with Crippen LogP contribution in [0.1, 0.15) is 55.8 Å². The maximum Gasteiger partial charge on any atom is 0.257 e. The summed E-state index contributed by atoms with van der Waals surface area (Å²) in [7, 11) is 0. The van der Waals surface area contributed by atoms with E-state index in [0.717, 1.165) is 51.8 Å². The first-order chi connectivity index (χ1) is 11.3. The van der Waals surface area contributed by atoms with Crippen LogP contribution in [-0.4, -0.2) is 52.6 Å². The SMILES string of the molecule is CCC1CCCCN1C(=O)c1cnc(NCC2CCCO2)nc1. The average Bonchev–Trinajstić information content (AvgIpc) is 3.13. The molecule has 2 unspecified atom stereocenters. The van der Waals surface area contributed by atoms with Gasteiger partial charge in [0.05, 0.1) is 11.7 Å². The second-order valence-electron chi connectivity index (χ2n) is 6.37. The number of ether oxygens (including phenoxy) is 1. The van der Waals surface area contributed by atoms with Crippen molar-refractivity contribution < 1.29 is 9.53 Å². The van der Waals surface area contributed by atoms with Gasteiger partial charge in [-0.1, -0.05) is 6.92 Å². The summed E-state index contributed by atoms with van der Waals surface area (Å²) in [5.74, 6) is 0.616. The van der Waals surface area contributed by atoms with Gasteiger partial charge in [0.15, 0.2) is 0 Å². The van der Waals surface area contributed by atoms with Crippen molar-refractivity contribution in [2.75, 3.05) is 25.0 Å². The molecule has 3 rings (SSSR count). The van der Waals surface area contributed by atoms with Gasteiger partial charge >= 0.3 is 0 Å². The monoisotopic (exact) mass is 318 g/mol. The summed E-state index contributed by atoms with van der Waals surface area (Å²) in [6.07, 6.45) is 10.1. The topological polar surface area (TPSA) is 67.4 Å². The molecule has 0 spiro atoms. The Balaban J connectivity index is 1.58. The van der Waals surface area contributed by atoms with Crippen LogP contribution in [-0.2, 0) is 4.74 Å². The minimum Gasteiger partial charge on any atom is -0.376 e. The molecule has 2 aliphatic heterocycles. The van der Waals surface area contributed by atoms with Gasteiger partial charge in [-0.3, -0.25) is 4.79 Å². The van der Waals surface area contributed by atoms with E-state index in [-0.39, 0.29) is 12.0 Å². The third-order valence-electron chi connectivity index (χ3n) is 4.77. The highest BCUT2D eigenvalue weighted by Crippen LogP contribution is 2.21. The molecule has 1 aromatic rings. The van der Waals surface area contributed by atoms with Crippen LogP contribution in [0, 0.1) is 0 Å². The quantitative estimate of drug-likeness (QED) is 0.903. The number of carbonyl (C=O) groups is 1. The highest BCUT2D eigenvalue weighted by Gasteiger charge is 2.26. The Labute approximate surface area is 137 Å². The zero-order chi connectivity index (χ0) is 16.1. The van der Waals surface area contributed by atoms with Gasteiger partial charge in [-0.05, 0) is 38.5 Å². The van der Waals surface area contributed by atoms with Gasteiger partial charge in [0, 0.05) is 38.1 Å². The first-order valence-electron chi connectivity index (χ1n) is 8.76. The molecule has 1 aromatic heterocycles. The van der Waals surface area contributed by atoms with Crippen LogP contribution in [0.15, 0.2) is 12.4 Å². The fourth-order valence-electron chi connectivity index (χ4n) is 3.40. The highest BCUT2D eigenvalue weighted by molar-refractivity contribution is 5.94. The van der Waals surface area contributed by atoms with Crippen molar-refractivity contribution in [3.8, 4) is 0 Å². The Kier molecular flexibility index (Phi) is 5.43. The van der Waals surface area contributed by atoms with Crippen LogP contribution in [0.4, 0.5) is 5.95 Å². The van der Waals surface area contributed by atoms with Crippen LogP contribution in [0.25, 0.3) is 0 Å². The number of likely N-dealkylation sites (tertiary alicyclic amines) is 1. The minimum absolute atomic E-state index is 0.0576. The van der Waals surface area contributed by atoms with E-state index in [9.17, 15) is 4.79 Å². The lowest BCUT2D eigenvalue weighted by Gasteiger charge is -2.35. The summed E-state index contributed by atoms with van der Waals surface area (Å²) in [5, 5.41) is 3.18. The third kappa shape index (κ3) is 3.99. The molecule has 2 saturated heterocycles. The van der Waals surface area contributed by atoms with E-state index in [2.05, 4.69) is 22.2 Å². The molecule has 6 heteroatoms. The van der Waals surface area contributed by atoms with E-state index >= 15 is 0 Å². The van der Waals surface area contributed by atoms with Crippen molar-refractivity contribution in [3.05, 3.63) is 18.0 Å². The van der Waals surface area contributed by atoms with Crippen molar-refractivity contribution in [2.24, 2.45) is 0 Å². The number of hydrogen-bond donors (Lipinski definition) is 1. The molecule has 0 saturated carbocycles. The maximum absolute atomic E-state index is 12.7. The molecule has 0 aliphatic carbocycles. The Bertz CT molecular complexity index is 514. The number of anilines is 1. The zero-order valence-electron chi connectivity index (χ0n) is 13.8. The standard InChI is InChI=1S/C17H26N4O2/c1-2-14-6-3-4-8-21(14)16(22)13-10-18-17(19-11-13)20-12-15-7-5-9-23-15/h10-11,14-15H,2-9,12H2,1H3,(H,18,19,20). The largest absolute Gasteiger partial charge is 0.376 e. The first kappa shape index (κ1) is 16.2. The summed E-state index contributed by atoms with van der Waals surface area (Å²) in [6, 6.07) is 0.355. The number of nitrogens with zero attached hydrogens (tertiary/aromatic N) is 3. The van der Waals surface area contributed by atoms with Gasteiger partial charge in [0.2, 0.25) is 5.95 Å². The predicted molar refractivity (Wildman–Crippen MR) is 88.5 cm³/mol. The van der Waals surface area contributed by atoms with Crippen molar-refractivity contribution in [2.45, 2.75) is 57.6 Å². The van der Waals surface area contributed by atoms with Gasteiger partial charge < -0.3 is 15.0 Å². The van der Waals surface area contributed by atoms with E-state index in [1.165, 1.54) is 6.42 Å². The summed E-state index contributed by atoms with van der Waals surface area (Å²) in [5.41, 5.74) is 0.577. The number of hydrogen-bond acceptors (Lipinski definition) is 5. The molecule has 6 nitrogen and oxygen atoms in total. The fourth-order valence-corrected chi connectivity index (χ4v) is 3.40. The molecule has 23 heavy (non-hydrogen) atoms. The molecule has 0 aromatic carbocycles. The van der Waals surface area contributed by atoms with Crippen molar-refractivity contribution in [1.29, 1.82) is 0 Å². The van der Waals surface area contributed by atoms with Crippen molar-refractivity contribution in [1.82, 2.24) is 14.9 Å². The number of nitrogens with one attached hydrogen (secondary N) is 1. The lowest BCUT2D eigenvalue weighted by Crippen LogP contribution is -2.43. The van der Waals surface area contributed by atoms with Crippen molar-refractivity contribution in [3.63, 3.8) is 0 Å². The molecule has 3 heterocycles. The molecule has 1 N–H and O–H groups in total. The molecule has 2 aliphatic rings. The lowest BCUT2D eigenvalue weighted by atomic mass is 9.99. The van der Waals surface area contributed by atoms with Gasteiger partial charge in [-0.15, -0.1) is 0 Å². The van der Waals surface area contributed by atoms with E-state index in [1.807, 2.05) is 4.90 Å². The maximum atomic E-state index is 12.7. The first-order valence-corrected chi connectivity index (χ1v) is 8.76. The predicted octanol–water partition coefficient (Wildman–Crippen LogP) is 2.47. The minimum atomic E-state index is 0.0576. The number of carbonyl (C=O) groups excluding carboxylic acids is 1. The van der Waals surface area contributed by atoms with Crippen molar-refractivity contribution >= 4 is 11.9 Å². The summed E-state index contributed by atoms with van der Waals surface area (Å²) in [4.78, 5) is 23.2. The average molecular weight is 318 g/mol. The molecule has 0 radical (unpaired) electrons. The second kappa shape index (κ2) is 7.73. The lowest BCUT2D eigenvalue weighted by molar-refractivity contribution is 0.0607. The Morgan fingerprint density at radius 2 is 2.13 bits per heavy atom. The highest BCUT2D eigenvalue weighted by atomic mass is 16.5. The zero-order valence-corrected chi connectivity index (χ0v) is 13.8. The van der Waals surface area contributed by atoms with Gasteiger partial charge in [-0.25, -0.2) is 9.97 Å². The third-order valence-corrected chi connectivity index (χ3v) is 4.77. The molecule has 2 atom stereocenters. The smallest absolute Gasteiger partial charge is 0.257 e. The van der Waals surface area contributed by atoms with Crippen LogP contribution in [0.2, 0.25) is 0 Å². The fraction of sp³-hybridized carbons (Fsp3) is 0.706. The van der Waals surface area contributed by atoms with E-state index < -0.39 is 0 Å². The molecular formula is C17H26N4O2. The van der Waals surface area contributed by atoms with Crippen LogP contribution >= 0.6 is 0 Å². The number of piperidine rings is 1. The van der Waals surface area contributed by atoms with E-state index in [1.54, 1.807) is 12.4 Å². The van der Waals surface area contributed by atoms with Gasteiger partial charge in [-0.2, -0.15) is 0 Å². The Hall–Kier alpha value is -1.69. The van der Waals surface area contributed by atoms with E-state index in [4.69, 9.17) is 4.74 Å². The van der Waals surface area contributed by atoms with Gasteiger partial charge in [0.25, 0.3) is 5.91 Å². The summed E-state index contributed by atoms with van der Waals surface area (Å²) in [6.45, 7) is 4.55. The summed E-state index contributed by atoms with van der Waals surface area (Å²) < 4.78 is 5.56. The van der Waals surface area contributed by atoms with Crippen LogP contribution in [0.3, 0.4) is 0 Å². The van der Waals surface area contributed by atoms with Gasteiger partial charge in [0.1, 0.15) is 0 Å². The molecular weight excluding hydrogens is 292 g/mol. The molecule has 2 fully saturated rings. The molecule has 126 valence electrons. The summed E-state index contributed by atoms with van der Waals surface area (Å²) >= 11 is 0. The molecule has 1 amide bonds. The van der Waals surface area contributed by atoms with E-state index in [0.29, 0.717) is 17.6 Å². The normalized spacial score (nSPS) is 24.7.